The SMILES string of the molecule is CCOC(=O)c1nc(CC)n(C2CC(C)C2)c1N. The van der Waals surface area contributed by atoms with E-state index in [0.717, 1.165) is 31.0 Å². The van der Waals surface area contributed by atoms with Gasteiger partial charge in [-0.05, 0) is 25.7 Å². The highest BCUT2D eigenvalue weighted by Crippen LogP contribution is 2.40. The third kappa shape index (κ3) is 2.09. The highest BCUT2D eigenvalue weighted by Gasteiger charge is 2.32. The Labute approximate surface area is 107 Å². The fourth-order valence-electron chi connectivity index (χ4n) is 2.57. The minimum Gasteiger partial charge on any atom is -0.461 e. The van der Waals surface area contributed by atoms with Crippen molar-refractivity contribution < 1.29 is 9.53 Å². The molecular weight excluding hydrogens is 230 g/mol. The molecule has 1 heterocycles. The number of rotatable bonds is 4. The summed E-state index contributed by atoms with van der Waals surface area (Å²) in [7, 11) is 0. The molecule has 1 saturated carbocycles. The number of anilines is 1. The van der Waals surface area contributed by atoms with Crippen molar-refractivity contribution in [3.63, 3.8) is 0 Å². The minimum atomic E-state index is -0.421. The first-order valence-electron chi connectivity index (χ1n) is 6.62. The van der Waals surface area contributed by atoms with Gasteiger partial charge < -0.3 is 15.0 Å². The molecule has 1 aromatic heterocycles. The van der Waals surface area contributed by atoms with Crippen molar-refractivity contribution in [1.29, 1.82) is 0 Å². The van der Waals surface area contributed by atoms with Gasteiger partial charge in [0.05, 0.1) is 6.61 Å². The first-order chi connectivity index (χ1) is 8.58. The number of ether oxygens (including phenoxy) is 1. The number of aromatic nitrogens is 2. The molecule has 0 radical (unpaired) electrons. The lowest BCUT2D eigenvalue weighted by atomic mass is 9.81. The van der Waals surface area contributed by atoms with Crippen LogP contribution in [0, 0.1) is 5.92 Å². The molecule has 1 aromatic rings. The average molecular weight is 251 g/mol. The van der Waals surface area contributed by atoms with Gasteiger partial charge in [0.1, 0.15) is 11.6 Å². The summed E-state index contributed by atoms with van der Waals surface area (Å²) < 4.78 is 7.00. The summed E-state index contributed by atoms with van der Waals surface area (Å²) in [5.41, 5.74) is 6.34. The van der Waals surface area contributed by atoms with Crippen LogP contribution < -0.4 is 5.73 Å². The summed E-state index contributed by atoms with van der Waals surface area (Å²) in [5, 5.41) is 0. The molecule has 0 aromatic carbocycles. The van der Waals surface area contributed by atoms with E-state index < -0.39 is 5.97 Å². The highest BCUT2D eigenvalue weighted by atomic mass is 16.5. The number of hydrogen-bond acceptors (Lipinski definition) is 4. The fourth-order valence-corrected chi connectivity index (χ4v) is 2.57. The predicted molar refractivity (Wildman–Crippen MR) is 69.4 cm³/mol. The van der Waals surface area contributed by atoms with Crippen LogP contribution in [-0.2, 0) is 11.2 Å². The number of carbonyl (C=O) groups is 1. The van der Waals surface area contributed by atoms with Crippen molar-refractivity contribution in [2.24, 2.45) is 5.92 Å². The molecule has 2 rings (SSSR count). The molecule has 1 aliphatic rings. The summed E-state index contributed by atoms with van der Waals surface area (Å²) in [5.74, 6) is 1.65. The van der Waals surface area contributed by atoms with Gasteiger partial charge in [0.2, 0.25) is 0 Å². The van der Waals surface area contributed by atoms with Crippen LogP contribution in [0.5, 0.6) is 0 Å². The van der Waals surface area contributed by atoms with Gasteiger partial charge in [0.25, 0.3) is 0 Å². The van der Waals surface area contributed by atoms with Crippen LogP contribution in [-0.4, -0.2) is 22.1 Å². The third-order valence-corrected chi connectivity index (χ3v) is 3.52. The average Bonchev–Trinajstić information content (AvgIpc) is 2.62. The van der Waals surface area contributed by atoms with Crippen LogP contribution in [0.4, 0.5) is 5.82 Å². The van der Waals surface area contributed by atoms with E-state index in [9.17, 15) is 4.79 Å². The van der Waals surface area contributed by atoms with E-state index in [1.54, 1.807) is 6.92 Å². The summed E-state index contributed by atoms with van der Waals surface area (Å²) in [6, 6.07) is 0.394. The lowest BCUT2D eigenvalue weighted by molar-refractivity contribution is 0.0521. The third-order valence-electron chi connectivity index (χ3n) is 3.52. The van der Waals surface area contributed by atoms with Gasteiger partial charge in [-0.2, -0.15) is 0 Å². The first-order valence-corrected chi connectivity index (χ1v) is 6.62. The number of imidazole rings is 1. The van der Waals surface area contributed by atoms with E-state index in [1.165, 1.54) is 0 Å². The lowest BCUT2D eigenvalue weighted by Crippen LogP contribution is -2.27. The Balaban J connectivity index is 2.31. The number of nitrogens with two attached hydrogens (primary N) is 1. The van der Waals surface area contributed by atoms with E-state index in [4.69, 9.17) is 10.5 Å². The zero-order valence-electron chi connectivity index (χ0n) is 11.3. The van der Waals surface area contributed by atoms with E-state index in [-0.39, 0.29) is 5.69 Å². The van der Waals surface area contributed by atoms with Crippen LogP contribution in [0.2, 0.25) is 0 Å². The van der Waals surface area contributed by atoms with Gasteiger partial charge in [-0.15, -0.1) is 0 Å². The molecule has 0 unspecified atom stereocenters. The molecule has 1 aliphatic carbocycles. The smallest absolute Gasteiger partial charge is 0.360 e. The second-order valence-electron chi connectivity index (χ2n) is 4.94. The number of esters is 1. The van der Waals surface area contributed by atoms with Crippen LogP contribution in [0.25, 0.3) is 0 Å². The normalized spacial score (nSPS) is 22.6. The molecule has 0 saturated heterocycles. The van der Waals surface area contributed by atoms with Gasteiger partial charge in [0.15, 0.2) is 5.69 Å². The number of carbonyl (C=O) groups excluding carboxylic acids is 1. The Bertz CT molecular complexity index is 447. The topological polar surface area (TPSA) is 70.1 Å². The monoisotopic (exact) mass is 251 g/mol. The number of aryl methyl sites for hydroxylation is 1. The molecular formula is C13H21N3O2. The molecule has 0 spiro atoms. The quantitative estimate of drug-likeness (QED) is 0.833. The zero-order valence-corrected chi connectivity index (χ0v) is 11.3. The van der Waals surface area contributed by atoms with Crippen LogP contribution in [0.15, 0.2) is 0 Å². The maximum Gasteiger partial charge on any atom is 0.360 e. The molecule has 0 bridgehead atoms. The van der Waals surface area contributed by atoms with Gasteiger partial charge in [-0.3, -0.25) is 0 Å². The second-order valence-corrected chi connectivity index (χ2v) is 4.94. The molecule has 0 amide bonds. The summed E-state index contributed by atoms with van der Waals surface area (Å²) in [6.07, 6.45) is 2.99. The second kappa shape index (κ2) is 5.00. The maximum atomic E-state index is 11.8. The number of nitrogen functional groups attached to an aromatic ring is 1. The zero-order chi connectivity index (χ0) is 13.3. The van der Waals surface area contributed by atoms with Crippen LogP contribution >= 0.6 is 0 Å². The van der Waals surface area contributed by atoms with E-state index in [1.807, 2.05) is 11.5 Å². The lowest BCUT2D eigenvalue weighted by Gasteiger charge is -2.35. The molecule has 5 nitrogen and oxygen atoms in total. The molecule has 1 fully saturated rings. The largest absolute Gasteiger partial charge is 0.461 e. The summed E-state index contributed by atoms with van der Waals surface area (Å²) in [4.78, 5) is 16.1. The fraction of sp³-hybridized carbons (Fsp3) is 0.692. The Morgan fingerprint density at radius 2 is 2.17 bits per heavy atom. The van der Waals surface area contributed by atoms with E-state index in [0.29, 0.717) is 18.5 Å². The molecule has 100 valence electrons. The van der Waals surface area contributed by atoms with Gasteiger partial charge in [-0.25, -0.2) is 9.78 Å². The Morgan fingerprint density at radius 1 is 1.50 bits per heavy atom. The van der Waals surface area contributed by atoms with E-state index >= 15 is 0 Å². The van der Waals surface area contributed by atoms with Gasteiger partial charge in [0, 0.05) is 12.5 Å². The van der Waals surface area contributed by atoms with Gasteiger partial charge >= 0.3 is 5.97 Å². The Morgan fingerprint density at radius 3 is 2.67 bits per heavy atom. The number of hydrogen-bond donors (Lipinski definition) is 1. The van der Waals surface area contributed by atoms with Crippen molar-refractivity contribution in [3.8, 4) is 0 Å². The first kappa shape index (κ1) is 12.9. The van der Waals surface area contributed by atoms with Crippen molar-refractivity contribution >= 4 is 11.8 Å². The highest BCUT2D eigenvalue weighted by molar-refractivity contribution is 5.92. The van der Waals surface area contributed by atoms with E-state index in [2.05, 4.69) is 11.9 Å². The Kier molecular flexibility index (Phi) is 3.59. The predicted octanol–water partition coefficient (Wildman–Crippen LogP) is 2.18. The van der Waals surface area contributed by atoms with Crippen molar-refractivity contribution in [1.82, 2.24) is 9.55 Å². The van der Waals surface area contributed by atoms with Crippen LogP contribution in [0.3, 0.4) is 0 Å². The maximum absolute atomic E-state index is 11.8. The molecule has 0 aliphatic heterocycles. The standard InChI is InChI=1S/C13H21N3O2/c1-4-10-15-11(13(17)18-5-2)12(14)16(10)9-6-8(3)7-9/h8-9H,4-7,14H2,1-3H3. The molecule has 5 heteroatoms. The summed E-state index contributed by atoms with van der Waals surface area (Å²) in [6.45, 7) is 6.36. The van der Waals surface area contributed by atoms with Crippen molar-refractivity contribution in [2.45, 2.75) is 46.1 Å². The van der Waals surface area contributed by atoms with Gasteiger partial charge in [-0.1, -0.05) is 13.8 Å². The molecule has 18 heavy (non-hydrogen) atoms. The molecule has 0 atom stereocenters. The van der Waals surface area contributed by atoms with Crippen molar-refractivity contribution in [3.05, 3.63) is 11.5 Å². The summed E-state index contributed by atoms with van der Waals surface area (Å²) >= 11 is 0. The Hall–Kier alpha value is -1.52. The molecule has 2 N–H and O–H groups in total. The van der Waals surface area contributed by atoms with Crippen molar-refractivity contribution in [2.75, 3.05) is 12.3 Å². The minimum absolute atomic E-state index is 0.272. The number of nitrogens with zero attached hydrogens (tertiary/aromatic N) is 2. The van der Waals surface area contributed by atoms with Crippen LogP contribution in [0.1, 0.15) is 56.0 Å².